The Hall–Kier alpha value is -2.55. The van der Waals surface area contributed by atoms with E-state index in [1.807, 2.05) is 6.07 Å². The van der Waals surface area contributed by atoms with Gasteiger partial charge in [0.25, 0.3) is 0 Å². The Balaban J connectivity index is 2.26. The van der Waals surface area contributed by atoms with Gasteiger partial charge in [-0.15, -0.1) is 0 Å². The second-order valence-electron chi connectivity index (χ2n) is 5.68. The van der Waals surface area contributed by atoms with Gasteiger partial charge in [-0.2, -0.15) is 21.6 Å². The third-order valence-corrected chi connectivity index (χ3v) is 4.61. The average molecular weight is 402 g/mol. The van der Waals surface area contributed by atoms with E-state index >= 15 is 0 Å². The summed E-state index contributed by atoms with van der Waals surface area (Å²) in [7, 11) is -5.80. The van der Waals surface area contributed by atoms with Gasteiger partial charge < -0.3 is 8.92 Å². The largest absolute Gasteiger partial charge is 0.534 e. The zero-order valence-corrected chi connectivity index (χ0v) is 15.4. The highest BCUT2D eigenvalue weighted by Crippen LogP contribution is 2.32. The molecule has 0 radical (unpaired) electrons. The van der Waals surface area contributed by atoms with Crippen LogP contribution in [0.25, 0.3) is 0 Å². The summed E-state index contributed by atoms with van der Waals surface area (Å²) in [5.41, 5.74) is -4.45. The third-order valence-electron chi connectivity index (χ3n) is 3.66. The molecule has 0 N–H and O–H groups in total. The molecule has 0 aliphatic carbocycles. The summed E-state index contributed by atoms with van der Waals surface area (Å²) >= 11 is 0. The van der Waals surface area contributed by atoms with Crippen molar-refractivity contribution < 1.29 is 35.3 Å². The van der Waals surface area contributed by atoms with Crippen LogP contribution in [0.15, 0.2) is 42.5 Å². The molecule has 0 atom stereocenters. The molecule has 0 bridgehead atoms. The van der Waals surface area contributed by atoms with Crippen molar-refractivity contribution >= 4 is 16.1 Å². The van der Waals surface area contributed by atoms with Gasteiger partial charge in [-0.1, -0.05) is 37.3 Å². The van der Waals surface area contributed by atoms with Crippen molar-refractivity contribution in [3.63, 3.8) is 0 Å². The van der Waals surface area contributed by atoms with E-state index in [0.717, 1.165) is 5.56 Å². The minimum atomic E-state index is -5.80. The summed E-state index contributed by atoms with van der Waals surface area (Å²) in [6, 6.07) is 11.4. The van der Waals surface area contributed by atoms with Crippen LogP contribution in [0, 0.1) is 6.92 Å². The third kappa shape index (κ3) is 5.00. The summed E-state index contributed by atoms with van der Waals surface area (Å²) in [4.78, 5) is 12.2. The predicted octanol–water partition coefficient (Wildman–Crippen LogP) is 4.14. The van der Waals surface area contributed by atoms with Gasteiger partial charge in [0.2, 0.25) is 0 Å². The molecule has 0 amide bonds. The number of carbonyl (C=O) groups excluding carboxylic acids is 1. The molecular weight excluding hydrogens is 385 g/mol. The molecule has 2 rings (SSSR count). The van der Waals surface area contributed by atoms with E-state index in [4.69, 9.17) is 4.74 Å². The number of rotatable bonds is 6. The van der Waals surface area contributed by atoms with Gasteiger partial charge in [0.15, 0.2) is 0 Å². The molecule has 0 heterocycles. The van der Waals surface area contributed by atoms with Crippen LogP contribution in [0.2, 0.25) is 0 Å². The zero-order valence-electron chi connectivity index (χ0n) is 14.5. The van der Waals surface area contributed by atoms with Gasteiger partial charge in [-0.3, -0.25) is 0 Å². The second-order valence-corrected chi connectivity index (χ2v) is 7.22. The normalized spacial score (nSPS) is 11.9. The second kappa shape index (κ2) is 7.99. The molecule has 2 aromatic carbocycles. The van der Waals surface area contributed by atoms with E-state index in [1.165, 1.54) is 19.1 Å². The van der Waals surface area contributed by atoms with Gasteiger partial charge in [0.1, 0.15) is 12.4 Å². The van der Waals surface area contributed by atoms with E-state index in [1.54, 1.807) is 31.2 Å². The van der Waals surface area contributed by atoms with Crippen LogP contribution in [-0.2, 0) is 27.9 Å². The summed E-state index contributed by atoms with van der Waals surface area (Å²) < 4.78 is 69.7. The fourth-order valence-corrected chi connectivity index (χ4v) is 2.86. The Bertz CT molecular complexity index is 922. The minimum Gasteiger partial charge on any atom is -0.457 e. The number of halogens is 3. The smallest absolute Gasteiger partial charge is 0.457 e. The molecule has 0 saturated heterocycles. The molecule has 27 heavy (non-hydrogen) atoms. The molecule has 0 aliphatic heterocycles. The SMILES string of the molecule is CCc1cc(C(=O)OCc2ccccc2)cc(C)c1OS(=O)(=O)C(F)(F)F. The number of hydrogen-bond acceptors (Lipinski definition) is 5. The van der Waals surface area contributed by atoms with Crippen LogP contribution in [0.5, 0.6) is 5.75 Å². The quantitative estimate of drug-likeness (QED) is 0.413. The summed E-state index contributed by atoms with van der Waals surface area (Å²) in [5, 5.41) is 0. The molecule has 2 aromatic rings. The molecular formula is C18H17F3O5S. The molecule has 0 aliphatic rings. The first-order chi connectivity index (χ1) is 12.5. The van der Waals surface area contributed by atoms with E-state index in [-0.39, 0.29) is 29.7 Å². The molecule has 0 unspecified atom stereocenters. The van der Waals surface area contributed by atoms with Crippen LogP contribution >= 0.6 is 0 Å². The Morgan fingerprint density at radius 3 is 2.30 bits per heavy atom. The Morgan fingerprint density at radius 1 is 1.11 bits per heavy atom. The maximum Gasteiger partial charge on any atom is 0.534 e. The van der Waals surface area contributed by atoms with Crippen molar-refractivity contribution in [2.45, 2.75) is 32.4 Å². The van der Waals surface area contributed by atoms with Crippen molar-refractivity contribution in [3.05, 3.63) is 64.7 Å². The van der Waals surface area contributed by atoms with E-state index in [9.17, 15) is 26.4 Å². The number of esters is 1. The van der Waals surface area contributed by atoms with Gasteiger partial charge in [-0.05, 0) is 42.2 Å². The van der Waals surface area contributed by atoms with Gasteiger partial charge in [-0.25, -0.2) is 4.79 Å². The van der Waals surface area contributed by atoms with E-state index in [0.29, 0.717) is 0 Å². The molecule has 0 aromatic heterocycles. The van der Waals surface area contributed by atoms with Crippen LogP contribution in [0.3, 0.4) is 0 Å². The van der Waals surface area contributed by atoms with Gasteiger partial charge >= 0.3 is 21.6 Å². The highest BCUT2D eigenvalue weighted by molar-refractivity contribution is 7.88. The molecule has 9 heteroatoms. The maximum atomic E-state index is 12.6. The lowest BCUT2D eigenvalue weighted by Gasteiger charge is -2.16. The first-order valence-corrected chi connectivity index (χ1v) is 9.31. The van der Waals surface area contributed by atoms with Gasteiger partial charge in [0.05, 0.1) is 5.56 Å². The van der Waals surface area contributed by atoms with E-state index < -0.39 is 27.3 Å². The van der Waals surface area contributed by atoms with Crippen molar-refractivity contribution in [2.24, 2.45) is 0 Å². The lowest BCUT2D eigenvalue weighted by Crippen LogP contribution is -2.28. The Kier molecular flexibility index (Phi) is 6.15. The molecule has 0 saturated carbocycles. The summed E-state index contributed by atoms with van der Waals surface area (Å²) in [6.07, 6.45) is 0.156. The number of alkyl halides is 3. The number of ether oxygens (including phenoxy) is 1. The number of hydrogen-bond donors (Lipinski definition) is 0. The van der Waals surface area contributed by atoms with E-state index in [2.05, 4.69) is 4.18 Å². The van der Waals surface area contributed by atoms with Crippen LogP contribution in [0.4, 0.5) is 13.2 Å². The van der Waals surface area contributed by atoms with Crippen LogP contribution in [-0.4, -0.2) is 19.9 Å². The first kappa shape index (κ1) is 20.8. The maximum absolute atomic E-state index is 12.6. The standard InChI is InChI=1S/C18H17F3O5S/c1-3-14-10-15(17(22)25-11-13-7-5-4-6-8-13)9-12(2)16(14)26-27(23,24)18(19,20)21/h4-10H,3,11H2,1-2H3. The minimum absolute atomic E-state index is 0.0287. The summed E-state index contributed by atoms with van der Waals surface area (Å²) in [5.74, 6) is -1.11. The highest BCUT2D eigenvalue weighted by atomic mass is 32.2. The summed E-state index contributed by atoms with van der Waals surface area (Å²) in [6.45, 7) is 2.98. The van der Waals surface area contributed by atoms with Gasteiger partial charge in [0, 0.05) is 0 Å². The first-order valence-electron chi connectivity index (χ1n) is 7.90. The van der Waals surface area contributed by atoms with Crippen molar-refractivity contribution in [3.8, 4) is 5.75 Å². The number of carbonyl (C=O) groups is 1. The Labute approximate surface area is 154 Å². The average Bonchev–Trinajstić information content (AvgIpc) is 2.61. The monoisotopic (exact) mass is 402 g/mol. The molecule has 5 nitrogen and oxygen atoms in total. The Morgan fingerprint density at radius 2 is 1.74 bits per heavy atom. The topological polar surface area (TPSA) is 69.7 Å². The lowest BCUT2D eigenvalue weighted by atomic mass is 10.0. The van der Waals surface area contributed by atoms with Crippen LogP contribution in [0.1, 0.15) is 34.0 Å². The van der Waals surface area contributed by atoms with Crippen molar-refractivity contribution in [1.82, 2.24) is 0 Å². The molecule has 0 spiro atoms. The van der Waals surface area contributed by atoms with Crippen LogP contribution < -0.4 is 4.18 Å². The fourth-order valence-electron chi connectivity index (χ4n) is 2.31. The molecule has 0 fully saturated rings. The number of benzene rings is 2. The number of aryl methyl sites for hydroxylation is 2. The zero-order chi connectivity index (χ0) is 20.2. The highest BCUT2D eigenvalue weighted by Gasteiger charge is 2.49. The van der Waals surface area contributed by atoms with Crippen molar-refractivity contribution in [2.75, 3.05) is 0 Å². The van der Waals surface area contributed by atoms with Crippen molar-refractivity contribution in [1.29, 1.82) is 0 Å². The molecule has 146 valence electrons. The predicted molar refractivity (Wildman–Crippen MR) is 91.7 cm³/mol. The fraction of sp³-hybridized carbons (Fsp3) is 0.278. The lowest BCUT2D eigenvalue weighted by molar-refractivity contribution is -0.0500.